The lowest BCUT2D eigenvalue weighted by Gasteiger charge is -2.12. The van der Waals surface area contributed by atoms with Gasteiger partial charge in [0.2, 0.25) is 5.88 Å². The highest BCUT2D eigenvalue weighted by atomic mass is 127. The second-order valence-electron chi connectivity index (χ2n) is 2.83. The first-order chi connectivity index (χ1) is 7.20. The number of alkyl halides is 5. The molecule has 0 N–H and O–H groups in total. The van der Waals surface area contributed by atoms with Crippen LogP contribution in [0, 0.1) is 10.5 Å². The van der Waals surface area contributed by atoms with Crippen LogP contribution in [0.15, 0.2) is 6.07 Å². The molecular weight excluding hydrogens is 348 g/mol. The molecular formula is C8H5F5INO. The van der Waals surface area contributed by atoms with E-state index in [2.05, 4.69) is 9.72 Å². The summed E-state index contributed by atoms with van der Waals surface area (Å²) in [5.74, 6) is -0.844. The van der Waals surface area contributed by atoms with Crippen molar-refractivity contribution >= 4 is 22.6 Å². The summed E-state index contributed by atoms with van der Waals surface area (Å²) in [6.45, 7) is 1.30. The molecule has 0 amide bonds. The number of nitrogens with zero attached hydrogens (tertiary/aromatic N) is 1. The van der Waals surface area contributed by atoms with E-state index in [0.717, 1.165) is 6.07 Å². The second kappa shape index (κ2) is 4.68. The third-order valence-electron chi connectivity index (χ3n) is 1.57. The standard InChI is InChI=1S/C8H5F5INO/c1-3-2-4(14)5(6(9)10)15-7(3)16-8(11,12)13/h2,6H,1H3. The van der Waals surface area contributed by atoms with Gasteiger partial charge in [-0.25, -0.2) is 13.8 Å². The predicted octanol–water partition coefficient (Wildman–Crippen LogP) is 3.83. The van der Waals surface area contributed by atoms with Crippen molar-refractivity contribution < 1.29 is 26.7 Å². The van der Waals surface area contributed by atoms with E-state index in [4.69, 9.17) is 0 Å². The van der Waals surface area contributed by atoms with E-state index < -0.39 is 24.4 Å². The molecule has 0 aliphatic rings. The molecule has 1 aromatic heterocycles. The lowest BCUT2D eigenvalue weighted by atomic mass is 10.2. The molecule has 0 bridgehead atoms. The fourth-order valence-corrected chi connectivity index (χ4v) is 1.77. The van der Waals surface area contributed by atoms with Crippen LogP contribution >= 0.6 is 22.6 Å². The Morgan fingerprint density at radius 3 is 2.38 bits per heavy atom. The molecule has 0 spiro atoms. The highest BCUT2D eigenvalue weighted by Crippen LogP contribution is 2.30. The summed E-state index contributed by atoms with van der Waals surface area (Å²) in [6.07, 6.45) is -7.88. The summed E-state index contributed by atoms with van der Waals surface area (Å²) in [6, 6.07) is 1.16. The molecule has 8 heteroatoms. The van der Waals surface area contributed by atoms with Gasteiger partial charge in [0.1, 0.15) is 5.69 Å². The minimum Gasteiger partial charge on any atom is -0.388 e. The molecule has 16 heavy (non-hydrogen) atoms. The summed E-state index contributed by atoms with van der Waals surface area (Å²) < 4.78 is 64.1. The Balaban J connectivity index is 3.15. The minimum absolute atomic E-state index is 0.0473. The van der Waals surface area contributed by atoms with Gasteiger partial charge >= 0.3 is 6.36 Å². The zero-order valence-electron chi connectivity index (χ0n) is 7.78. The summed E-state index contributed by atoms with van der Waals surface area (Å²) >= 11 is 1.58. The molecule has 90 valence electrons. The van der Waals surface area contributed by atoms with Gasteiger partial charge in [0.25, 0.3) is 6.43 Å². The van der Waals surface area contributed by atoms with Crippen molar-refractivity contribution in [2.75, 3.05) is 0 Å². The van der Waals surface area contributed by atoms with Crippen LogP contribution in [0.1, 0.15) is 17.7 Å². The molecule has 0 radical (unpaired) electrons. The number of aromatic nitrogens is 1. The van der Waals surface area contributed by atoms with Gasteiger partial charge in [-0.1, -0.05) is 0 Å². The van der Waals surface area contributed by atoms with E-state index in [1.54, 1.807) is 22.6 Å². The highest BCUT2D eigenvalue weighted by Gasteiger charge is 2.33. The first-order valence-corrected chi connectivity index (χ1v) is 4.99. The summed E-state index contributed by atoms with van der Waals surface area (Å²) in [5.41, 5.74) is -0.670. The van der Waals surface area contributed by atoms with Crippen LogP contribution in [-0.4, -0.2) is 11.3 Å². The van der Waals surface area contributed by atoms with Crippen LogP contribution < -0.4 is 4.74 Å². The second-order valence-corrected chi connectivity index (χ2v) is 3.99. The molecule has 0 aromatic carbocycles. The van der Waals surface area contributed by atoms with Gasteiger partial charge in [0.05, 0.1) is 0 Å². The van der Waals surface area contributed by atoms with Crippen LogP contribution in [-0.2, 0) is 0 Å². The molecule has 0 saturated carbocycles. The fourth-order valence-electron chi connectivity index (χ4n) is 0.943. The molecule has 1 rings (SSSR count). The van der Waals surface area contributed by atoms with Gasteiger partial charge in [0.15, 0.2) is 0 Å². The average Bonchev–Trinajstić information content (AvgIpc) is 2.07. The SMILES string of the molecule is Cc1cc(I)c(C(F)F)nc1OC(F)(F)F. The quantitative estimate of drug-likeness (QED) is 0.596. The zero-order valence-corrected chi connectivity index (χ0v) is 9.94. The van der Waals surface area contributed by atoms with Crippen LogP contribution in [0.2, 0.25) is 0 Å². The zero-order chi connectivity index (χ0) is 12.5. The maximum atomic E-state index is 12.4. The predicted molar refractivity (Wildman–Crippen MR) is 53.3 cm³/mol. The number of hydrogen-bond donors (Lipinski definition) is 0. The molecule has 0 unspecified atom stereocenters. The number of halogens is 6. The maximum Gasteiger partial charge on any atom is 0.574 e. The minimum atomic E-state index is -4.94. The van der Waals surface area contributed by atoms with Crippen molar-refractivity contribution in [1.29, 1.82) is 0 Å². The lowest BCUT2D eigenvalue weighted by molar-refractivity contribution is -0.276. The Morgan fingerprint density at radius 2 is 1.94 bits per heavy atom. The molecule has 0 aliphatic heterocycles. The van der Waals surface area contributed by atoms with E-state index >= 15 is 0 Å². The Hall–Kier alpha value is -0.670. The first-order valence-electron chi connectivity index (χ1n) is 3.91. The smallest absolute Gasteiger partial charge is 0.388 e. The first kappa shape index (κ1) is 13.4. The van der Waals surface area contributed by atoms with Gasteiger partial charge in [-0.2, -0.15) is 0 Å². The van der Waals surface area contributed by atoms with Gasteiger partial charge in [0, 0.05) is 9.13 Å². The Labute approximate surface area is 101 Å². The fraction of sp³-hybridized carbons (Fsp3) is 0.375. The highest BCUT2D eigenvalue weighted by molar-refractivity contribution is 14.1. The number of rotatable bonds is 2. The number of pyridine rings is 1. The Kier molecular flexibility index (Phi) is 3.92. The van der Waals surface area contributed by atoms with E-state index in [9.17, 15) is 22.0 Å². The van der Waals surface area contributed by atoms with Gasteiger partial charge in [-0.15, -0.1) is 13.2 Å². The summed E-state index contributed by atoms with van der Waals surface area (Å²) in [4.78, 5) is 3.16. The van der Waals surface area contributed by atoms with Crippen molar-refractivity contribution in [3.63, 3.8) is 0 Å². The van der Waals surface area contributed by atoms with E-state index in [1.165, 1.54) is 6.92 Å². The van der Waals surface area contributed by atoms with Crippen molar-refractivity contribution in [2.24, 2.45) is 0 Å². The molecule has 0 saturated heterocycles. The lowest BCUT2D eigenvalue weighted by Crippen LogP contribution is -2.19. The Morgan fingerprint density at radius 1 is 1.38 bits per heavy atom. The Bertz CT molecular complexity index is 393. The monoisotopic (exact) mass is 353 g/mol. The van der Waals surface area contributed by atoms with Crippen LogP contribution in [0.25, 0.3) is 0 Å². The molecule has 1 heterocycles. The van der Waals surface area contributed by atoms with Gasteiger partial charge < -0.3 is 4.74 Å². The number of ether oxygens (including phenoxy) is 1. The maximum absolute atomic E-state index is 12.4. The average molecular weight is 353 g/mol. The normalized spacial score (nSPS) is 12.0. The van der Waals surface area contributed by atoms with Crippen molar-refractivity contribution in [2.45, 2.75) is 19.7 Å². The molecule has 0 fully saturated rings. The molecule has 0 aliphatic carbocycles. The van der Waals surface area contributed by atoms with Gasteiger partial charge in [-0.05, 0) is 35.6 Å². The van der Waals surface area contributed by atoms with E-state index in [1.807, 2.05) is 0 Å². The van der Waals surface area contributed by atoms with Crippen molar-refractivity contribution in [3.8, 4) is 5.88 Å². The van der Waals surface area contributed by atoms with E-state index in [-0.39, 0.29) is 9.13 Å². The third-order valence-corrected chi connectivity index (χ3v) is 2.43. The van der Waals surface area contributed by atoms with Crippen molar-refractivity contribution in [1.82, 2.24) is 4.98 Å². The van der Waals surface area contributed by atoms with Gasteiger partial charge in [-0.3, -0.25) is 0 Å². The van der Waals surface area contributed by atoms with E-state index in [0.29, 0.717) is 0 Å². The molecule has 0 atom stereocenters. The summed E-state index contributed by atoms with van der Waals surface area (Å²) in [5, 5.41) is 0. The topological polar surface area (TPSA) is 22.1 Å². The van der Waals surface area contributed by atoms with Crippen LogP contribution in [0.3, 0.4) is 0 Å². The van der Waals surface area contributed by atoms with Crippen LogP contribution in [0.5, 0.6) is 5.88 Å². The van der Waals surface area contributed by atoms with Crippen molar-refractivity contribution in [3.05, 3.63) is 20.9 Å². The summed E-state index contributed by atoms with van der Waals surface area (Å²) in [7, 11) is 0. The number of hydrogen-bond acceptors (Lipinski definition) is 2. The molecule has 2 nitrogen and oxygen atoms in total. The molecule has 1 aromatic rings. The number of aryl methyl sites for hydroxylation is 1. The largest absolute Gasteiger partial charge is 0.574 e. The third kappa shape index (κ3) is 3.42. The van der Waals surface area contributed by atoms with Crippen LogP contribution in [0.4, 0.5) is 22.0 Å².